The van der Waals surface area contributed by atoms with E-state index in [1.165, 1.54) is 5.75 Å². The lowest BCUT2D eigenvalue weighted by Gasteiger charge is -1.99. The highest BCUT2D eigenvalue weighted by Gasteiger charge is 2.28. The fraction of sp³-hybridized carbons (Fsp3) is 0.462. The van der Waals surface area contributed by atoms with Crippen molar-refractivity contribution in [2.24, 2.45) is 0 Å². The van der Waals surface area contributed by atoms with Crippen molar-refractivity contribution in [1.82, 2.24) is 9.13 Å². The molecule has 2 aromatic rings. The minimum Gasteiger partial charge on any atom is -0.371 e. The Labute approximate surface area is 109 Å². The Morgan fingerprint density at radius 3 is 2.39 bits per heavy atom. The molecule has 1 aromatic carbocycles. The fourth-order valence-corrected chi connectivity index (χ4v) is 2.88. The van der Waals surface area contributed by atoms with Gasteiger partial charge in [-0.25, -0.2) is 4.79 Å². The molecule has 0 N–H and O–H groups in total. The van der Waals surface area contributed by atoms with Crippen molar-refractivity contribution >= 4 is 22.8 Å². The summed E-state index contributed by atoms with van der Waals surface area (Å²) in [6.45, 7) is 2.30. The summed E-state index contributed by atoms with van der Waals surface area (Å²) in [6.07, 6.45) is 0.234. The van der Waals surface area contributed by atoms with Gasteiger partial charge in [0.05, 0.1) is 30.3 Å². The number of nitrogens with zero attached hydrogens (tertiary/aromatic N) is 2. The van der Waals surface area contributed by atoms with Gasteiger partial charge >= 0.3 is 5.69 Å². The van der Waals surface area contributed by atoms with Crippen LogP contribution in [0.4, 0.5) is 0 Å². The molecule has 2 saturated heterocycles. The van der Waals surface area contributed by atoms with Crippen LogP contribution in [0.5, 0.6) is 0 Å². The molecule has 0 saturated carbocycles. The van der Waals surface area contributed by atoms with E-state index < -0.39 is 0 Å². The van der Waals surface area contributed by atoms with Crippen LogP contribution in [0.3, 0.4) is 0 Å². The Morgan fingerprint density at radius 1 is 1.22 bits per heavy atom. The number of aromatic nitrogens is 2. The number of hydrogen-bond acceptors (Lipinski definition) is 3. The summed E-state index contributed by atoms with van der Waals surface area (Å²) in [4.78, 5) is 12.5. The first kappa shape index (κ1) is 10.7. The molecule has 18 heavy (non-hydrogen) atoms. The lowest BCUT2D eigenvalue weighted by Crippen LogP contribution is -2.27. The van der Waals surface area contributed by atoms with Gasteiger partial charge in [-0.1, -0.05) is 12.1 Å². The van der Waals surface area contributed by atoms with Crippen molar-refractivity contribution in [2.45, 2.75) is 24.4 Å². The van der Waals surface area contributed by atoms with Crippen molar-refractivity contribution in [3.05, 3.63) is 34.7 Å². The quantitative estimate of drug-likeness (QED) is 0.780. The number of hydrogen-bond donors (Lipinski definition) is 0. The minimum atomic E-state index is 0.110. The molecular formula is C13H14N2O2S. The first-order chi connectivity index (χ1) is 8.83. The monoisotopic (exact) mass is 262 g/mol. The number of ether oxygens (including phenoxy) is 1. The number of fused-ring (bicyclic) bond motifs is 1. The van der Waals surface area contributed by atoms with Crippen LogP contribution in [-0.2, 0) is 17.8 Å². The van der Waals surface area contributed by atoms with Gasteiger partial charge in [-0.2, -0.15) is 11.8 Å². The van der Waals surface area contributed by atoms with Crippen LogP contribution >= 0.6 is 11.8 Å². The summed E-state index contributed by atoms with van der Waals surface area (Å²) in [5.74, 6) is 1.18. The van der Waals surface area contributed by atoms with Gasteiger partial charge in [0.2, 0.25) is 0 Å². The van der Waals surface area contributed by atoms with Gasteiger partial charge < -0.3 is 4.74 Å². The van der Waals surface area contributed by atoms with E-state index in [1.54, 1.807) is 0 Å². The zero-order valence-corrected chi connectivity index (χ0v) is 10.7. The predicted octanol–water partition coefficient (Wildman–Crippen LogP) is 1.32. The average Bonchev–Trinajstić information content (AvgIpc) is 3.26. The van der Waals surface area contributed by atoms with Gasteiger partial charge in [-0.05, 0) is 12.1 Å². The van der Waals surface area contributed by atoms with E-state index in [4.69, 9.17) is 4.74 Å². The Bertz CT molecular complexity index is 599. The van der Waals surface area contributed by atoms with E-state index in [0.717, 1.165) is 24.2 Å². The van der Waals surface area contributed by atoms with Crippen molar-refractivity contribution in [2.75, 3.05) is 12.4 Å². The maximum atomic E-state index is 12.5. The second-order valence-corrected chi connectivity index (χ2v) is 6.24. The van der Waals surface area contributed by atoms with Gasteiger partial charge in [-0.15, -0.1) is 0 Å². The molecule has 0 unspecified atom stereocenters. The third-order valence-electron chi connectivity index (χ3n) is 3.50. The summed E-state index contributed by atoms with van der Waals surface area (Å²) < 4.78 is 9.03. The average molecular weight is 262 g/mol. The normalized spacial score (nSPS) is 25.6. The molecule has 4 nitrogen and oxygen atoms in total. The van der Waals surface area contributed by atoms with E-state index in [-0.39, 0.29) is 11.8 Å². The van der Waals surface area contributed by atoms with Gasteiger partial charge in [0, 0.05) is 17.5 Å². The second-order valence-electron chi connectivity index (χ2n) is 4.90. The van der Waals surface area contributed by atoms with Crippen molar-refractivity contribution in [1.29, 1.82) is 0 Å². The van der Waals surface area contributed by atoms with Crippen LogP contribution in [0.1, 0.15) is 0 Å². The molecule has 0 amide bonds. The van der Waals surface area contributed by atoms with Crippen LogP contribution in [0.15, 0.2) is 29.1 Å². The third-order valence-corrected chi connectivity index (χ3v) is 4.46. The predicted molar refractivity (Wildman–Crippen MR) is 72.2 cm³/mol. The molecule has 0 spiro atoms. The number of imidazole rings is 1. The SMILES string of the molecule is O=c1n(C[C@H]2CO2)c2ccccc2n1C[C@H]1CS1. The highest BCUT2D eigenvalue weighted by molar-refractivity contribution is 8.06. The number of epoxide rings is 1. The van der Waals surface area contributed by atoms with Crippen molar-refractivity contribution < 1.29 is 4.74 Å². The highest BCUT2D eigenvalue weighted by Crippen LogP contribution is 2.32. The smallest absolute Gasteiger partial charge is 0.329 e. The molecule has 5 heteroatoms. The summed E-state index contributed by atoms with van der Waals surface area (Å²) in [6, 6.07) is 8.04. The van der Waals surface area contributed by atoms with E-state index in [2.05, 4.69) is 0 Å². The number of para-hydroxylation sites is 2. The highest BCUT2D eigenvalue weighted by atomic mass is 32.2. The first-order valence-corrected chi connectivity index (χ1v) is 7.29. The molecule has 4 rings (SSSR count). The van der Waals surface area contributed by atoms with E-state index in [9.17, 15) is 4.79 Å². The largest absolute Gasteiger partial charge is 0.371 e. The Balaban J connectivity index is 1.86. The summed E-state index contributed by atoms with van der Waals surface area (Å²) >= 11 is 1.92. The Morgan fingerprint density at radius 2 is 1.83 bits per heavy atom. The van der Waals surface area contributed by atoms with Crippen LogP contribution < -0.4 is 5.69 Å². The zero-order valence-electron chi connectivity index (χ0n) is 9.91. The van der Waals surface area contributed by atoms with Crippen LogP contribution in [0, 0.1) is 0 Å². The molecule has 2 atom stereocenters. The molecule has 0 radical (unpaired) electrons. The number of rotatable bonds is 4. The first-order valence-electron chi connectivity index (χ1n) is 6.24. The lowest BCUT2D eigenvalue weighted by molar-refractivity contribution is 0.381. The van der Waals surface area contributed by atoms with Gasteiger partial charge in [0.1, 0.15) is 0 Å². The third kappa shape index (κ3) is 1.78. The maximum absolute atomic E-state index is 12.5. The maximum Gasteiger partial charge on any atom is 0.329 e. The molecule has 1 aromatic heterocycles. The molecular weight excluding hydrogens is 248 g/mol. The van der Waals surface area contributed by atoms with Crippen molar-refractivity contribution in [3.8, 4) is 0 Å². The van der Waals surface area contributed by atoms with Crippen LogP contribution in [0.2, 0.25) is 0 Å². The molecule has 0 bridgehead atoms. The second kappa shape index (κ2) is 3.90. The Kier molecular flexibility index (Phi) is 2.32. The molecule has 3 heterocycles. The van der Waals surface area contributed by atoms with Gasteiger partial charge in [0.15, 0.2) is 0 Å². The van der Waals surface area contributed by atoms with Crippen molar-refractivity contribution in [3.63, 3.8) is 0 Å². The van der Waals surface area contributed by atoms with Crippen LogP contribution in [0.25, 0.3) is 11.0 Å². The minimum absolute atomic E-state index is 0.110. The van der Waals surface area contributed by atoms with E-state index in [1.807, 2.05) is 45.2 Å². The lowest BCUT2D eigenvalue weighted by atomic mass is 10.3. The van der Waals surface area contributed by atoms with E-state index >= 15 is 0 Å². The number of thioether (sulfide) groups is 1. The van der Waals surface area contributed by atoms with Gasteiger partial charge in [-0.3, -0.25) is 9.13 Å². The summed E-state index contributed by atoms with van der Waals surface area (Å²) in [7, 11) is 0. The van der Waals surface area contributed by atoms with Gasteiger partial charge in [0.25, 0.3) is 0 Å². The number of benzene rings is 1. The zero-order chi connectivity index (χ0) is 12.1. The fourth-order valence-electron chi connectivity index (χ4n) is 2.38. The standard InChI is InChI=1S/C13H14N2O2S/c16-13-14(5-9-7-17-9)11-3-1-2-4-12(11)15(13)6-10-8-18-10/h1-4,9-10H,5-8H2/t9-,10-/m0/s1. The topological polar surface area (TPSA) is 39.5 Å². The molecule has 2 fully saturated rings. The summed E-state index contributed by atoms with van der Waals surface area (Å²) in [5, 5.41) is 0.624. The van der Waals surface area contributed by atoms with E-state index in [0.29, 0.717) is 11.8 Å². The molecule has 2 aliphatic heterocycles. The van der Waals surface area contributed by atoms with Crippen LogP contribution in [-0.4, -0.2) is 32.8 Å². The summed E-state index contributed by atoms with van der Waals surface area (Å²) in [5.41, 5.74) is 2.19. The Hall–Kier alpha value is -1.20. The molecule has 2 aliphatic rings. The molecule has 0 aliphatic carbocycles. The molecule has 94 valence electrons.